The van der Waals surface area contributed by atoms with Crippen molar-refractivity contribution in [3.63, 3.8) is 0 Å². The van der Waals surface area contributed by atoms with Crippen LogP contribution in [0.5, 0.6) is 0 Å². The second kappa shape index (κ2) is 6.70. The molecule has 0 unspecified atom stereocenters. The molecule has 1 saturated heterocycles. The second-order valence-electron chi connectivity index (χ2n) is 4.52. The van der Waals surface area contributed by atoms with Crippen molar-refractivity contribution < 1.29 is 4.79 Å². The van der Waals surface area contributed by atoms with Crippen LogP contribution in [0.4, 0.5) is 5.69 Å². The Kier molecular flexibility index (Phi) is 4.70. The number of thioether (sulfide) groups is 2. The predicted molar refractivity (Wildman–Crippen MR) is 91.0 cm³/mol. The van der Waals surface area contributed by atoms with E-state index < -0.39 is 0 Å². The van der Waals surface area contributed by atoms with Crippen LogP contribution in [0, 0.1) is 0 Å². The molecule has 0 atom stereocenters. The van der Waals surface area contributed by atoms with E-state index in [1.54, 1.807) is 0 Å². The van der Waals surface area contributed by atoms with Gasteiger partial charge in [-0.3, -0.25) is 4.79 Å². The summed E-state index contributed by atoms with van der Waals surface area (Å²) >= 11 is 5.52. The van der Waals surface area contributed by atoms with Gasteiger partial charge in [-0.2, -0.15) is 11.3 Å². The summed E-state index contributed by atoms with van der Waals surface area (Å²) in [6, 6.07) is 10.1. The highest BCUT2D eigenvalue weighted by Crippen LogP contribution is 2.44. The largest absolute Gasteiger partial charge is 0.322 e. The third kappa shape index (κ3) is 3.40. The molecule has 5 heteroatoms. The van der Waals surface area contributed by atoms with Gasteiger partial charge in [-0.05, 0) is 47.1 Å². The summed E-state index contributed by atoms with van der Waals surface area (Å²) in [7, 11) is 0. The van der Waals surface area contributed by atoms with Gasteiger partial charge in [0.05, 0.1) is 10.1 Å². The summed E-state index contributed by atoms with van der Waals surface area (Å²) < 4.78 is 0.502. The van der Waals surface area contributed by atoms with Crippen molar-refractivity contribution in [2.45, 2.75) is 11.0 Å². The number of hydrogen-bond donors (Lipinski definition) is 1. The molecule has 20 heavy (non-hydrogen) atoms. The Bertz CT molecular complexity index is 577. The lowest BCUT2D eigenvalue weighted by molar-refractivity contribution is 0.102. The minimum atomic E-state index is -0.0349. The van der Waals surface area contributed by atoms with Gasteiger partial charge < -0.3 is 5.32 Å². The van der Waals surface area contributed by atoms with E-state index in [-0.39, 0.29) is 5.91 Å². The van der Waals surface area contributed by atoms with E-state index in [9.17, 15) is 4.79 Å². The average Bonchev–Trinajstić information content (AvgIpc) is 3.03. The SMILES string of the molecule is O=C(Nc1cccc(C2SCCCS2)c1)c1ccsc1. The van der Waals surface area contributed by atoms with Crippen LogP contribution in [0.2, 0.25) is 0 Å². The molecule has 2 aromatic rings. The van der Waals surface area contributed by atoms with Crippen LogP contribution in [0.15, 0.2) is 41.1 Å². The predicted octanol–water partition coefficient (Wildman–Crippen LogP) is 4.87. The summed E-state index contributed by atoms with van der Waals surface area (Å²) in [6.07, 6.45) is 1.29. The maximum atomic E-state index is 12.0. The van der Waals surface area contributed by atoms with Crippen LogP contribution >= 0.6 is 34.9 Å². The Morgan fingerprint density at radius 1 is 1.20 bits per heavy atom. The van der Waals surface area contributed by atoms with Crippen LogP contribution in [0.3, 0.4) is 0 Å². The monoisotopic (exact) mass is 321 g/mol. The molecular weight excluding hydrogens is 306 g/mol. The zero-order valence-corrected chi connectivity index (χ0v) is 13.3. The Hall–Kier alpha value is -0.910. The van der Waals surface area contributed by atoms with Crippen molar-refractivity contribution in [1.82, 2.24) is 0 Å². The number of anilines is 1. The molecule has 0 radical (unpaired) electrons. The van der Waals surface area contributed by atoms with Crippen LogP contribution in [-0.2, 0) is 0 Å². The first-order chi connectivity index (χ1) is 9.83. The summed E-state index contributed by atoms with van der Waals surface area (Å²) in [4.78, 5) is 12.0. The molecule has 1 fully saturated rings. The summed E-state index contributed by atoms with van der Waals surface area (Å²) in [5, 5.41) is 6.76. The van der Waals surface area contributed by atoms with Crippen molar-refractivity contribution >= 4 is 46.5 Å². The van der Waals surface area contributed by atoms with Gasteiger partial charge in [-0.25, -0.2) is 0 Å². The number of thiophene rings is 1. The lowest BCUT2D eigenvalue weighted by atomic mass is 10.2. The molecule has 1 aromatic heterocycles. The Balaban J connectivity index is 1.72. The Morgan fingerprint density at radius 2 is 2.05 bits per heavy atom. The third-order valence-corrected chi connectivity index (χ3v) is 6.73. The van der Waals surface area contributed by atoms with E-state index in [1.807, 2.05) is 52.5 Å². The molecular formula is C15H15NOS3. The summed E-state index contributed by atoms with van der Waals surface area (Å²) in [5.41, 5.74) is 2.90. The van der Waals surface area contributed by atoms with E-state index in [0.717, 1.165) is 11.3 Å². The van der Waals surface area contributed by atoms with Crippen molar-refractivity contribution in [3.8, 4) is 0 Å². The molecule has 2 nitrogen and oxygen atoms in total. The third-order valence-electron chi connectivity index (χ3n) is 3.03. The number of nitrogens with one attached hydrogen (secondary N) is 1. The highest BCUT2D eigenvalue weighted by Gasteiger charge is 2.17. The highest BCUT2D eigenvalue weighted by molar-refractivity contribution is 8.16. The van der Waals surface area contributed by atoms with Crippen LogP contribution in [0.1, 0.15) is 26.9 Å². The maximum absolute atomic E-state index is 12.0. The van der Waals surface area contributed by atoms with E-state index in [2.05, 4.69) is 17.4 Å². The van der Waals surface area contributed by atoms with E-state index in [1.165, 1.54) is 34.8 Å². The van der Waals surface area contributed by atoms with Gasteiger partial charge in [0.1, 0.15) is 0 Å². The van der Waals surface area contributed by atoms with E-state index in [4.69, 9.17) is 0 Å². The van der Waals surface area contributed by atoms with Gasteiger partial charge in [0.25, 0.3) is 5.91 Å². The van der Waals surface area contributed by atoms with Gasteiger partial charge >= 0.3 is 0 Å². The number of rotatable bonds is 3. The van der Waals surface area contributed by atoms with Crippen molar-refractivity contribution in [1.29, 1.82) is 0 Å². The standard InChI is InChI=1S/C15H15NOS3/c17-14(12-5-8-18-10-12)16-13-4-1-3-11(9-13)15-19-6-2-7-20-15/h1,3-5,8-10,15H,2,6-7H2,(H,16,17). The molecule has 1 amide bonds. The van der Waals surface area contributed by atoms with Gasteiger partial charge in [-0.1, -0.05) is 12.1 Å². The van der Waals surface area contributed by atoms with Crippen molar-refractivity contribution in [2.75, 3.05) is 16.8 Å². The molecule has 1 aliphatic heterocycles. The number of carbonyl (C=O) groups is 1. The summed E-state index contributed by atoms with van der Waals surface area (Å²) in [6.45, 7) is 0. The molecule has 0 bridgehead atoms. The number of amides is 1. The Labute approximate surface area is 131 Å². The topological polar surface area (TPSA) is 29.1 Å². The number of benzene rings is 1. The van der Waals surface area contributed by atoms with Gasteiger partial charge in [0, 0.05) is 11.1 Å². The normalized spacial score (nSPS) is 16.0. The summed E-state index contributed by atoms with van der Waals surface area (Å²) in [5.74, 6) is 2.42. The molecule has 1 aliphatic rings. The van der Waals surface area contributed by atoms with Crippen LogP contribution < -0.4 is 5.32 Å². The molecule has 0 spiro atoms. The highest BCUT2D eigenvalue weighted by atomic mass is 32.2. The van der Waals surface area contributed by atoms with Crippen LogP contribution in [-0.4, -0.2) is 17.4 Å². The smallest absolute Gasteiger partial charge is 0.256 e. The lowest BCUT2D eigenvalue weighted by Crippen LogP contribution is -2.11. The van der Waals surface area contributed by atoms with Crippen molar-refractivity contribution in [2.24, 2.45) is 0 Å². The molecule has 3 rings (SSSR count). The number of carbonyl (C=O) groups excluding carboxylic acids is 1. The molecule has 0 saturated carbocycles. The van der Waals surface area contributed by atoms with Gasteiger partial charge in [-0.15, -0.1) is 23.5 Å². The minimum Gasteiger partial charge on any atom is -0.322 e. The fourth-order valence-electron chi connectivity index (χ4n) is 2.04. The van der Waals surface area contributed by atoms with E-state index in [0.29, 0.717) is 4.58 Å². The van der Waals surface area contributed by atoms with Crippen molar-refractivity contribution in [3.05, 3.63) is 52.2 Å². The maximum Gasteiger partial charge on any atom is 0.256 e. The lowest BCUT2D eigenvalue weighted by Gasteiger charge is -2.21. The first kappa shape index (κ1) is 14.0. The second-order valence-corrected chi connectivity index (χ2v) is 8.02. The molecule has 0 aliphatic carbocycles. The molecule has 2 heterocycles. The molecule has 1 aromatic carbocycles. The first-order valence-corrected chi connectivity index (χ1v) is 9.54. The molecule has 104 valence electrons. The zero-order chi connectivity index (χ0) is 13.8. The Morgan fingerprint density at radius 3 is 2.80 bits per heavy atom. The average molecular weight is 321 g/mol. The van der Waals surface area contributed by atoms with Gasteiger partial charge in [0.15, 0.2) is 0 Å². The quantitative estimate of drug-likeness (QED) is 0.874. The van der Waals surface area contributed by atoms with E-state index >= 15 is 0 Å². The van der Waals surface area contributed by atoms with Crippen LogP contribution in [0.25, 0.3) is 0 Å². The minimum absolute atomic E-state index is 0.0349. The number of hydrogen-bond acceptors (Lipinski definition) is 4. The zero-order valence-electron chi connectivity index (χ0n) is 10.9. The fraction of sp³-hybridized carbons (Fsp3) is 0.267. The fourth-order valence-corrected chi connectivity index (χ4v) is 5.55. The van der Waals surface area contributed by atoms with Gasteiger partial charge in [0.2, 0.25) is 0 Å². The first-order valence-electron chi connectivity index (χ1n) is 6.50. The molecule has 1 N–H and O–H groups in total.